The second-order valence-electron chi connectivity index (χ2n) is 6.49. The summed E-state index contributed by atoms with van der Waals surface area (Å²) in [5, 5.41) is 3.42. The lowest BCUT2D eigenvalue weighted by Crippen LogP contribution is -2.47. The van der Waals surface area contributed by atoms with E-state index in [9.17, 15) is 14.4 Å². The highest BCUT2D eigenvalue weighted by molar-refractivity contribution is 6.48. The Bertz CT molecular complexity index is 713. The lowest BCUT2D eigenvalue weighted by Gasteiger charge is -2.33. The monoisotopic (exact) mass is 339 g/mol. The van der Waals surface area contributed by atoms with Crippen LogP contribution in [0.1, 0.15) is 26.7 Å². The Morgan fingerprint density at radius 1 is 1.23 bits per heavy atom. The maximum Gasteiger partial charge on any atom is 0.239 e. The third kappa shape index (κ3) is 1.80. The molecule has 4 nitrogen and oxygen atoms in total. The Labute approximate surface area is 138 Å². The highest BCUT2D eigenvalue weighted by Gasteiger charge is 2.72. The maximum absolute atomic E-state index is 12.8. The third-order valence-corrected chi connectivity index (χ3v) is 6.01. The van der Waals surface area contributed by atoms with Crippen LogP contribution >= 0.6 is 23.2 Å². The average molecular weight is 340 g/mol. The van der Waals surface area contributed by atoms with Crippen molar-refractivity contribution in [2.45, 2.75) is 26.7 Å². The molecule has 0 saturated heterocycles. The fourth-order valence-corrected chi connectivity index (χ4v) is 4.19. The van der Waals surface area contributed by atoms with Crippen molar-refractivity contribution in [3.05, 3.63) is 28.2 Å². The van der Waals surface area contributed by atoms with Crippen LogP contribution in [0, 0.1) is 16.7 Å². The first-order valence-electron chi connectivity index (χ1n) is 7.07. The molecule has 6 heteroatoms. The maximum atomic E-state index is 12.8. The van der Waals surface area contributed by atoms with Gasteiger partial charge in [0.15, 0.2) is 0 Å². The summed E-state index contributed by atoms with van der Waals surface area (Å²) in [5.41, 5.74) is -1.48. The van der Waals surface area contributed by atoms with Crippen LogP contribution in [-0.4, -0.2) is 17.5 Å². The molecular weight excluding hydrogens is 325 g/mol. The number of hydrogen-bond acceptors (Lipinski definition) is 3. The van der Waals surface area contributed by atoms with Crippen LogP contribution in [0.2, 0.25) is 10.0 Å². The number of carbonyl (C=O) groups excluding carboxylic acids is 3. The summed E-state index contributed by atoms with van der Waals surface area (Å²) in [6.07, 6.45) is 0.981. The minimum absolute atomic E-state index is 0.314. The summed E-state index contributed by atoms with van der Waals surface area (Å²) in [7, 11) is 0. The van der Waals surface area contributed by atoms with Gasteiger partial charge in [-0.05, 0) is 36.5 Å². The van der Waals surface area contributed by atoms with E-state index in [2.05, 4.69) is 5.32 Å². The molecular formula is C16H15Cl2NO3. The van der Waals surface area contributed by atoms with Gasteiger partial charge in [-0.3, -0.25) is 14.4 Å². The normalized spacial score (nSPS) is 29.0. The second kappa shape index (κ2) is 4.80. The minimum Gasteiger partial charge on any atom is -0.325 e. The Hall–Kier alpha value is -1.39. The molecule has 3 rings (SSSR count). The third-order valence-electron chi connectivity index (χ3n) is 5.27. The van der Waals surface area contributed by atoms with Crippen LogP contribution in [0.4, 0.5) is 5.69 Å². The van der Waals surface area contributed by atoms with Crippen molar-refractivity contribution >= 4 is 46.4 Å². The number of carbonyl (C=O) groups is 3. The van der Waals surface area contributed by atoms with E-state index in [-0.39, 0.29) is 5.92 Å². The van der Waals surface area contributed by atoms with Gasteiger partial charge in [-0.15, -0.1) is 0 Å². The van der Waals surface area contributed by atoms with Gasteiger partial charge in [0.1, 0.15) is 5.41 Å². The number of fused-ring (bicyclic) bond motifs is 2. The highest BCUT2D eigenvalue weighted by Crippen LogP contribution is 2.62. The molecule has 2 aliphatic rings. The van der Waals surface area contributed by atoms with Crippen LogP contribution in [0.15, 0.2) is 18.2 Å². The van der Waals surface area contributed by atoms with E-state index in [0.717, 1.165) is 0 Å². The van der Waals surface area contributed by atoms with E-state index in [4.69, 9.17) is 23.2 Å². The number of Topliss-reactive ketones (excluding diaryl/α,β-unsaturated/α-hetero) is 2. The standard InChI is InChI=1S/C16H15Cl2NO3/c1-15(2)9-5-6-16(15,13(21)12(9)20)14(22)19-8-3-4-10(17)11(18)7-8/h3-4,7,9H,5-6H2,1-2H3,(H,19,22). The van der Waals surface area contributed by atoms with Gasteiger partial charge in [-0.2, -0.15) is 0 Å². The SMILES string of the molecule is CC1(C)C2CCC1(C(=O)Nc1ccc(Cl)c(Cl)c1)C(=O)C2=O. The molecule has 1 N–H and O–H groups in total. The molecule has 0 aliphatic heterocycles. The molecule has 116 valence electrons. The molecule has 2 atom stereocenters. The van der Waals surface area contributed by atoms with Crippen LogP contribution in [-0.2, 0) is 14.4 Å². The fourth-order valence-electron chi connectivity index (χ4n) is 3.90. The Kier molecular flexibility index (Phi) is 3.38. The van der Waals surface area contributed by atoms with Gasteiger partial charge in [0.05, 0.1) is 10.0 Å². The first-order valence-corrected chi connectivity index (χ1v) is 7.82. The molecule has 22 heavy (non-hydrogen) atoms. The number of halogens is 2. The Morgan fingerprint density at radius 2 is 1.91 bits per heavy atom. The summed E-state index contributed by atoms with van der Waals surface area (Å²) in [4.78, 5) is 37.3. The number of hydrogen-bond donors (Lipinski definition) is 1. The number of amides is 1. The molecule has 0 radical (unpaired) electrons. The topological polar surface area (TPSA) is 63.2 Å². The van der Waals surface area contributed by atoms with E-state index in [0.29, 0.717) is 28.6 Å². The van der Waals surface area contributed by atoms with Gasteiger partial charge in [-0.25, -0.2) is 0 Å². The van der Waals surface area contributed by atoms with Crippen molar-refractivity contribution in [1.82, 2.24) is 0 Å². The average Bonchev–Trinajstić information content (AvgIpc) is 2.79. The zero-order chi connectivity index (χ0) is 16.3. The summed E-state index contributed by atoms with van der Waals surface area (Å²) in [6.45, 7) is 3.64. The van der Waals surface area contributed by atoms with Crippen molar-refractivity contribution in [1.29, 1.82) is 0 Å². The fraction of sp³-hybridized carbons (Fsp3) is 0.438. The summed E-state index contributed by atoms with van der Waals surface area (Å²) >= 11 is 11.8. The van der Waals surface area contributed by atoms with Gasteiger partial charge in [0.25, 0.3) is 0 Å². The molecule has 1 aromatic carbocycles. The van der Waals surface area contributed by atoms with Crippen molar-refractivity contribution < 1.29 is 14.4 Å². The number of anilines is 1. The molecule has 1 aromatic rings. The van der Waals surface area contributed by atoms with E-state index < -0.39 is 28.3 Å². The van der Waals surface area contributed by atoms with Crippen molar-refractivity contribution in [2.24, 2.45) is 16.7 Å². The molecule has 0 heterocycles. The predicted octanol–water partition coefficient (Wildman–Crippen LogP) is 3.51. The van der Waals surface area contributed by atoms with Crippen LogP contribution in [0.3, 0.4) is 0 Å². The van der Waals surface area contributed by atoms with E-state index in [1.165, 1.54) is 6.07 Å². The second-order valence-corrected chi connectivity index (χ2v) is 7.31. The first kappa shape index (κ1) is 15.5. The van der Waals surface area contributed by atoms with Crippen molar-refractivity contribution in [3.63, 3.8) is 0 Å². The van der Waals surface area contributed by atoms with Gasteiger partial charge in [-0.1, -0.05) is 37.0 Å². The number of rotatable bonds is 2. The van der Waals surface area contributed by atoms with Crippen LogP contribution in [0.5, 0.6) is 0 Å². The van der Waals surface area contributed by atoms with E-state index in [1.54, 1.807) is 12.1 Å². The first-order chi connectivity index (χ1) is 10.2. The van der Waals surface area contributed by atoms with Crippen LogP contribution in [0.25, 0.3) is 0 Å². The smallest absolute Gasteiger partial charge is 0.239 e. The number of nitrogens with one attached hydrogen (secondary N) is 1. The molecule has 0 spiro atoms. The van der Waals surface area contributed by atoms with Gasteiger partial charge < -0.3 is 5.32 Å². The largest absolute Gasteiger partial charge is 0.325 e. The quantitative estimate of drug-likeness (QED) is 0.662. The number of benzene rings is 1. The lowest BCUT2D eigenvalue weighted by molar-refractivity contribution is -0.147. The van der Waals surface area contributed by atoms with Crippen LogP contribution < -0.4 is 5.32 Å². The summed E-state index contributed by atoms with van der Waals surface area (Å²) in [5.74, 6) is -1.78. The van der Waals surface area contributed by atoms with Gasteiger partial charge >= 0.3 is 0 Å². The molecule has 2 aliphatic carbocycles. The molecule has 2 fully saturated rings. The molecule has 0 aromatic heterocycles. The van der Waals surface area contributed by atoms with Gasteiger partial charge in [0.2, 0.25) is 17.5 Å². The van der Waals surface area contributed by atoms with E-state index >= 15 is 0 Å². The predicted molar refractivity (Wildman–Crippen MR) is 84.0 cm³/mol. The Balaban J connectivity index is 1.96. The molecule has 1 amide bonds. The number of ketones is 2. The zero-order valence-electron chi connectivity index (χ0n) is 12.2. The van der Waals surface area contributed by atoms with E-state index in [1.807, 2.05) is 13.8 Å². The highest BCUT2D eigenvalue weighted by atomic mass is 35.5. The minimum atomic E-state index is -1.28. The lowest BCUT2D eigenvalue weighted by atomic mass is 9.68. The summed E-state index contributed by atoms with van der Waals surface area (Å²) < 4.78 is 0. The molecule has 2 unspecified atom stereocenters. The molecule has 2 saturated carbocycles. The Morgan fingerprint density at radius 3 is 2.45 bits per heavy atom. The van der Waals surface area contributed by atoms with Gasteiger partial charge in [0, 0.05) is 11.6 Å². The van der Waals surface area contributed by atoms with Crippen molar-refractivity contribution in [3.8, 4) is 0 Å². The summed E-state index contributed by atoms with van der Waals surface area (Å²) in [6, 6.07) is 4.71. The van der Waals surface area contributed by atoms with Crippen molar-refractivity contribution in [2.75, 3.05) is 5.32 Å². The molecule has 2 bridgehead atoms. The zero-order valence-corrected chi connectivity index (χ0v) is 13.7.